The molecule has 152 valence electrons. The van der Waals surface area contributed by atoms with Crippen molar-refractivity contribution < 1.29 is 23.1 Å². The highest BCUT2D eigenvalue weighted by Crippen LogP contribution is 2.32. The molecule has 2 N–H and O–H groups in total. The molecule has 1 atom stereocenters. The lowest BCUT2D eigenvalue weighted by atomic mass is 10.1. The maximum absolute atomic E-state index is 13.4. The summed E-state index contributed by atoms with van der Waals surface area (Å²) in [6.07, 6.45) is -0.691. The summed E-state index contributed by atoms with van der Waals surface area (Å²) in [6.45, 7) is 0.963. The number of aliphatic hydroxyl groups is 1. The summed E-state index contributed by atoms with van der Waals surface area (Å²) in [5.41, 5.74) is 0.548. The van der Waals surface area contributed by atoms with Crippen LogP contribution in [0.5, 0.6) is 0 Å². The average molecular weight is 447 g/mol. The number of rotatable bonds is 7. The highest BCUT2D eigenvalue weighted by molar-refractivity contribution is 7.92. The normalized spacial score (nSPS) is 12.3. The molecule has 0 heterocycles. The third-order valence-electron chi connectivity index (χ3n) is 3.89. The van der Waals surface area contributed by atoms with Gasteiger partial charge in [-0.15, -0.1) is 0 Å². The number of ether oxygens (including phenoxy) is 1. The second kappa shape index (κ2) is 9.47. The summed E-state index contributed by atoms with van der Waals surface area (Å²) in [4.78, 5) is 11.4. The number of hydrogen-bond donors (Lipinski definition) is 2. The maximum atomic E-state index is 13.4. The Morgan fingerprint density at radius 1 is 1.18 bits per heavy atom. The highest BCUT2D eigenvalue weighted by Gasteiger charge is 2.32. The molecule has 0 saturated heterocycles. The first-order valence-electron chi connectivity index (χ1n) is 8.24. The van der Waals surface area contributed by atoms with E-state index in [1.807, 2.05) is 0 Å². The standard InChI is InChI=1S/C18H20Cl2N2O5S/c1-12(11-27-18(24)21-2)22(17-9-15(20)4-3-13(17)10-23)28(25,26)16-7-5-14(19)6-8-16/h3-9,12,23H,10-11H2,1-2H3,(H,21,24). The van der Waals surface area contributed by atoms with E-state index >= 15 is 0 Å². The molecule has 0 bridgehead atoms. The first-order chi connectivity index (χ1) is 13.2. The van der Waals surface area contributed by atoms with Crippen LogP contribution in [0.3, 0.4) is 0 Å². The van der Waals surface area contributed by atoms with Gasteiger partial charge in [-0.25, -0.2) is 13.2 Å². The van der Waals surface area contributed by atoms with Crippen LogP contribution in [-0.4, -0.2) is 39.3 Å². The molecule has 2 aromatic rings. The molecule has 2 aromatic carbocycles. The van der Waals surface area contributed by atoms with E-state index < -0.39 is 28.8 Å². The second-order valence-electron chi connectivity index (χ2n) is 5.88. The van der Waals surface area contributed by atoms with Gasteiger partial charge in [0.25, 0.3) is 10.0 Å². The van der Waals surface area contributed by atoms with E-state index in [-0.39, 0.29) is 17.2 Å². The molecule has 10 heteroatoms. The lowest BCUT2D eigenvalue weighted by Crippen LogP contribution is -2.43. The molecule has 0 aliphatic carbocycles. The third-order valence-corrected chi connectivity index (χ3v) is 6.32. The van der Waals surface area contributed by atoms with Crippen molar-refractivity contribution in [2.75, 3.05) is 18.0 Å². The SMILES string of the molecule is CNC(=O)OCC(C)N(c1cc(Cl)ccc1CO)S(=O)(=O)c1ccc(Cl)cc1. The smallest absolute Gasteiger partial charge is 0.406 e. The topological polar surface area (TPSA) is 95.9 Å². The van der Waals surface area contributed by atoms with E-state index in [1.165, 1.54) is 43.4 Å². The Hall–Kier alpha value is -2.00. The van der Waals surface area contributed by atoms with Crippen molar-refractivity contribution in [3.63, 3.8) is 0 Å². The van der Waals surface area contributed by atoms with Crippen molar-refractivity contribution in [1.82, 2.24) is 5.32 Å². The Balaban J connectivity index is 2.57. The molecule has 1 amide bonds. The molecule has 2 rings (SSSR count). The fourth-order valence-corrected chi connectivity index (χ4v) is 4.50. The Morgan fingerprint density at radius 3 is 2.36 bits per heavy atom. The summed E-state index contributed by atoms with van der Waals surface area (Å²) >= 11 is 11.9. The van der Waals surface area contributed by atoms with Gasteiger partial charge in [0.15, 0.2) is 0 Å². The van der Waals surface area contributed by atoms with Gasteiger partial charge in [0, 0.05) is 22.7 Å². The van der Waals surface area contributed by atoms with E-state index in [4.69, 9.17) is 27.9 Å². The minimum Gasteiger partial charge on any atom is -0.447 e. The van der Waals surface area contributed by atoms with Crippen molar-refractivity contribution in [2.45, 2.75) is 24.5 Å². The molecule has 0 fully saturated rings. The number of alkyl carbamates (subject to hydrolysis) is 1. The number of hydrogen-bond acceptors (Lipinski definition) is 5. The molecule has 0 aromatic heterocycles. The van der Waals surface area contributed by atoms with Crippen LogP contribution in [0.4, 0.5) is 10.5 Å². The molecule has 0 radical (unpaired) electrons. The largest absolute Gasteiger partial charge is 0.447 e. The van der Waals surface area contributed by atoms with Gasteiger partial charge in [-0.05, 0) is 43.3 Å². The lowest BCUT2D eigenvalue weighted by molar-refractivity contribution is 0.143. The maximum Gasteiger partial charge on any atom is 0.406 e. The van der Waals surface area contributed by atoms with Gasteiger partial charge >= 0.3 is 6.09 Å². The van der Waals surface area contributed by atoms with Crippen molar-refractivity contribution in [3.05, 3.63) is 58.1 Å². The number of carbonyl (C=O) groups is 1. The Bertz CT molecular complexity index is 935. The first kappa shape index (κ1) is 22.3. The molecule has 1 unspecified atom stereocenters. The zero-order valence-electron chi connectivity index (χ0n) is 15.2. The van der Waals surface area contributed by atoms with Crippen molar-refractivity contribution in [3.8, 4) is 0 Å². The number of nitrogens with zero attached hydrogens (tertiary/aromatic N) is 1. The molecule has 0 aliphatic heterocycles. The number of carbonyl (C=O) groups excluding carboxylic acids is 1. The second-order valence-corrected chi connectivity index (χ2v) is 8.57. The number of anilines is 1. The Morgan fingerprint density at radius 2 is 1.79 bits per heavy atom. The van der Waals surface area contributed by atoms with Gasteiger partial charge in [0.2, 0.25) is 0 Å². The van der Waals surface area contributed by atoms with Crippen LogP contribution < -0.4 is 9.62 Å². The molecular weight excluding hydrogens is 427 g/mol. The fourth-order valence-electron chi connectivity index (χ4n) is 2.54. The van der Waals surface area contributed by atoms with Crippen LogP contribution in [0.1, 0.15) is 12.5 Å². The van der Waals surface area contributed by atoms with E-state index in [0.29, 0.717) is 15.6 Å². The van der Waals surface area contributed by atoms with Crippen LogP contribution >= 0.6 is 23.2 Å². The predicted molar refractivity (Wildman–Crippen MR) is 108 cm³/mol. The number of aliphatic hydroxyl groups excluding tert-OH is 1. The summed E-state index contributed by atoms with van der Waals surface area (Å²) in [5, 5.41) is 12.7. The van der Waals surface area contributed by atoms with Crippen LogP contribution in [0, 0.1) is 0 Å². The van der Waals surface area contributed by atoms with Gasteiger partial charge in [-0.3, -0.25) is 4.31 Å². The van der Waals surface area contributed by atoms with E-state index in [2.05, 4.69) is 5.32 Å². The molecule has 0 aliphatic rings. The fraction of sp³-hybridized carbons (Fsp3) is 0.278. The minimum absolute atomic E-state index is 0.00689. The van der Waals surface area contributed by atoms with Crippen LogP contribution in [-0.2, 0) is 21.4 Å². The molecule has 7 nitrogen and oxygen atoms in total. The van der Waals surface area contributed by atoms with E-state index in [9.17, 15) is 18.3 Å². The number of nitrogens with one attached hydrogen (secondary N) is 1. The molecule has 28 heavy (non-hydrogen) atoms. The van der Waals surface area contributed by atoms with Crippen molar-refractivity contribution in [2.24, 2.45) is 0 Å². The Labute approximate surface area is 173 Å². The summed E-state index contributed by atoms with van der Waals surface area (Å²) in [7, 11) is -2.68. The lowest BCUT2D eigenvalue weighted by Gasteiger charge is -2.31. The molecular formula is C18H20Cl2N2O5S. The number of halogens is 2. The summed E-state index contributed by atoms with van der Waals surface area (Å²) in [6, 6.07) is 9.41. The van der Waals surface area contributed by atoms with Gasteiger partial charge in [0.05, 0.1) is 23.2 Å². The monoisotopic (exact) mass is 446 g/mol. The summed E-state index contributed by atoms with van der Waals surface area (Å²) < 4.78 is 32.9. The van der Waals surface area contributed by atoms with Crippen LogP contribution in [0.2, 0.25) is 10.0 Å². The minimum atomic E-state index is -4.08. The van der Waals surface area contributed by atoms with Gasteiger partial charge < -0.3 is 15.2 Å². The zero-order valence-corrected chi connectivity index (χ0v) is 17.6. The zero-order chi connectivity index (χ0) is 20.9. The third kappa shape index (κ3) is 5.08. The number of amides is 1. The quantitative estimate of drug-likeness (QED) is 0.678. The predicted octanol–water partition coefficient (Wildman–Crippen LogP) is 3.43. The first-order valence-corrected chi connectivity index (χ1v) is 10.4. The van der Waals surface area contributed by atoms with Gasteiger partial charge in [-0.1, -0.05) is 29.3 Å². The van der Waals surface area contributed by atoms with Gasteiger partial charge in [0.1, 0.15) is 6.61 Å². The van der Waals surface area contributed by atoms with Gasteiger partial charge in [-0.2, -0.15) is 0 Å². The Kier molecular flexibility index (Phi) is 7.54. The summed E-state index contributed by atoms with van der Waals surface area (Å²) in [5.74, 6) is 0. The molecule has 0 saturated carbocycles. The number of sulfonamides is 1. The molecule has 0 spiro atoms. The van der Waals surface area contributed by atoms with Crippen molar-refractivity contribution in [1.29, 1.82) is 0 Å². The highest BCUT2D eigenvalue weighted by atomic mass is 35.5. The van der Waals surface area contributed by atoms with E-state index in [0.717, 1.165) is 4.31 Å². The number of benzene rings is 2. The average Bonchev–Trinajstić information content (AvgIpc) is 2.66. The van der Waals surface area contributed by atoms with Crippen LogP contribution in [0.15, 0.2) is 47.4 Å². The van der Waals surface area contributed by atoms with Crippen molar-refractivity contribution >= 4 is 45.0 Å². The van der Waals surface area contributed by atoms with E-state index in [1.54, 1.807) is 13.0 Å². The van der Waals surface area contributed by atoms with Crippen LogP contribution in [0.25, 0.3) is 0 Å².